The third-order valence-electron chi connectivity index (χ3n) is 3.87. The molecule has 0 aliphatic rings. The second kappa shape index (κ2) is 6.79. The van der Waals surface area contributed by atoms with Crippen LogP contribution in [-0.2, 0) is 0 Å². The van der Waals surface area contributed by atoms with E-state index in [2.05, 4.69) is 30.1 Å². The Bertz CT molecular complexity index is 1060. The van der Waals surface area contributed by atoms with Crippen molar-refractivity contribution >= 4 is 17.6 Å². The monoisotopic (exact) mass is 360 g/mol. The van der Waals surface area contributed by atoms with E-state index in [0.29, 0.717) is 17.4 Å². The molecule has 0 saturated heterocycles. The Kier molecular flexibility index (Phi) is 4.17. The smallest absolute Gasteiger partial charge is 0.259 e. The van der Waals surface area contributed by atoms with E-state index in [9.17, 15) is 0 Å². The van der Waals surface area contributed by atoms with Crippen LogP contribution in [0.4, 0.5) is 17.6 Å². The molecule has 0 amide bonds. The fraction of sp³-hybridized carbons (Fsp3) is 0.111. The van der Waals surface area contributed by atoms with Gasteiger partial charge in [0, 0.05) is 24.6 Å². The molecule has 2 N–H and O–H groups in total. The molecule has 0 atom stereocenters. The van der Waals surface area contributed by atoms with Gasteiger partial charge in [-0.3, -0.25) is 4.98 Å². The largest absolute Gasteiger partial charge is 0.368 e. The summed E-state index contributed by atoms with van der Waals surface area (Å²) in [6, 6.07) is 13.4. The molecule has 9 heteroatoms. The number of nitrogens with zero attached hydrogens (tertiary/aromatic N) is 7. The summed E-state index contributed by atoms with van der Waals surface area (Å²) in [6.45, 7) is 1.90. The van der Waals surface area contributed by atoms with Crippen molar-refractivity contribution in [3.05, 3.63) is 54.4 Å². The van der Waals surface area contributed by atoms with Gasteiger partial charge in [0.15, 0.2) is 0 Å². The molecule has 134 valence electrons. The molecule has 0 fully saturated rings. The lowest BCUT2D eigenvalue weighted by Crippen LogP contribution is -2.15. The summed E-state index contributed by atoms with van der Waals surface area (Å²) in [6.07, 6.45) is 1.67. The number of benzene rings is 1. The Labute approximate surface area is 154 Å². The van der Waals surface area contributed by atoms with Crippen LogP contribution in [0.15, 0.2) is 53.2 Å². The number of hydrogen-bond acceptors (Lipinski definition) is 9. The van der Waals surface area contributed by atoms with E-state index in [1.54, 1.807) is 11.1 Å². The topological polar surface area (TPSA) is 120 Å². The number of rotatable bonds is 4. The van der Waals surface area contributed by atoms with Gasteiger partial charge < -0.3 is 15.2 Å². The average Bonchev–Trinajstić information content (AvgIpc) is 3.18. The summed E-state index contributed by atoms with van der Waals surface area (Å²) >= 11 is 0. The number of anilines is 3. The van der Waals surface area contributed by atoms with Crippen molar-refractivity contribution in [1.82, 2.24) is 30.1 Å². The van der Waals surface area contributed by atoms with Crippen LogP contribution < -0.4 is 10.6 Å². The lowest BCUT2D eigenvalue weighted by atomic mass is 10.2. The summed E-state index contributed by atoms with van der Waals surface area (Å²) < 4.78 is 5.31. The number of aryl methyl sites for hydroxylation is 1. The zero-order chi connectivity index (χ0) is 18.8. The lowest BCUT2D eigenvalue weighted by Gasteiger charge is -2.17. The third-order valence-corrected chi connectivity index (χ3v) is 3.87. The van der Waals surface area contributed by atoms with E-state index in [4.69, 9.17) is 10.3 Å². The van der Waals surface area contributed by atoms with Crippen molar-refractivity contribution in [2.45, 2.75) is 6.92 Å². The first-order chi connectivity index (χ1) is 13.1. The standard InChI is InChI=1S/C18H16N8O/c1-11-8-9-12(10-20-11)16-21-15(25-27-16)14-22-17(19)24-18(23-14)26(2)13-6-4-3-5-7-13/h3-10H,1-2H3,(H2,19,22,23,24). The minimum atomic E-state index is 0.0705. The summed E-state index contributed by atoms with van der Waals surface area (Å²) in [5.41, 5.74) is 8.38. The Morgan fingerprint density at radius 1 is 0.926 bits per heavy atom. The zero-order valence-electron chi connectivity index (χ0n) is 14.7. The van der Waals surface area contributed by atoms with Crippen LogP contribution in [-0.4, -0.2) is 37.1 Å². The SMILES string of the molecule is Cc1ccc(-c2nc(-c3nc(N)nc(N(C)c4ccccc4)n3)no2)cn1. The molecule has 4 aromatic rings. The molecule has 3 aromatic heterocycles. The number of para-hydroxylation sites is 1. The Balaban J connectivity index is 1.69. The molecule has 0 saturated carbocycles. The summed E-state index contributed by atoms with van der Waals surface area (Å²) in [5.74, 6) is 1.24. The molecule has 27 heavy (non-hydrogen) atoms. The van der Waals surface area contributed by atoms with Gasteiger partial charge in [0.2, 0.25) is 23.5 Å². The Morgan fingerprint density at radius 2 is 1.74 bits per heavy atom. The summed E-state index contributed by atoms with van der Waals surface area (Å²) in [5, 5.41) is 3.96. The molecule has 0 radical (unpaired) electrons. The van der Waals surface area contributed by atoms with Gasteiger partial charge in [-0.2, -0.15) is 19.9 Å². The van der Waals surface area contributed by atoms with Crippen LogP contribution in [0.1, 0.15) is 5.69 Å². The predicted octanol–water partition coefficient (Wildman–Crippen LogP) is 2.64. The lowest BCUT2D eigenvalue weighted by molar-refractivity contribution is 0.431. The van der Waals surface area contributed by atoms with E-state index in [1.165, 1.54) is 0 Å². The molecule has 0 aliphatic carbocycles. The highest BCUT2D eigenvalue weighted by molar-refractivity contribution is 5.60. The third kappa shape index (κ3) is 3.43. The molecule has 0 spiro atoms. The molecule has 1 aromatic carbocycles. The summed E-state index contributed by atoms with van der Waals surface area (Å²) in [7, 11) is 1.84. The van der Waals surface area contributed by atoms with Crippen molar-refractivity contribution in [3.8, 4) is 23.1 Å². The first-order valence-electron chi connectivity index (χ1n) is 8.17. The number of hydrogen-bond donors (Lipinski definition) is 1. The second-order valence-electron chi connectivity index (χ2n) is 5.82. The number of pyridine rings is 1. The second-order valence-corrected chi connectivity index (χ2v) is 5.82. The van der Waals surface area contributed by atoms with E-state index < -0.39 is 0 Å². The molecule has 4 rings (SSSR count). The fourth-order valence-corrected chi connectivity index (χ4v) is 2.42. The Morgan fingerprint density at radius 3 is 2.48 bits per heavy atom. The van der Waals surface area contributed by atoms with Crippen LogP contribution >= 0.6 is 0 Å². The van der Waals surface area contributed by atoms with E-state index in [0.717, 1.165) is 11.4 Å². The van der Waals surface area contributed by atoms with Crippen LogP contribution in [0.3, 0.4) is 0 Å². The highest BCUT2D eigenvalue weighted by Gasteiger charge is 2.17. The first-order valence-corrected chi connectivity index (χ1v) is 8.17. The molecule has 9 nitrogen and oxygen atoms in total. The highest BCUT2D eigenvalue weighted by Crippen LogP contribution is 2.24. The van der Waals surface area contributed by atoms with Crippen molar-refractivity contribution < 1.29 is 4.52 Å². The first kappa shape index (κ1) is 16.6. The van der Waals surface area contributed by atoms with Crippen LogP contribution in [0.25, 0.3) is 23.1 Å². The minimum Gasteiger partial charge on any atom is -0.368 e. The minimum absolute atomic E-state index is 0.0705. The number of nitrogen functional groups attached to an aromatic ring is 1. The predicted molar refractivity (Wildman–Crippen MR) is 100 cm³/mol. The average molecular weight is 360 g/mol. The van der Waals surface area contributed by atoms with Gasteiger partial charge in [-0.25, -0.2) is 0 Å². The molecular weight excluding hydrogens is 344 g/mol. The maximum absolute atomic E-state index is 5.86. The molecule has 0 bridgehead atoms. The van der Waals surface area contributed by atoms with Crippen molar-refractivity contribution in [2.75, 3.05) is 17.7 Å². The van der Waals surface area contributed by atoms with Gasteiger partial charge in [-0.05, 0) is 31.2 Å². The van der Waals surface area contributed by atoms with Crippen molar-refractivity contribution in [3.63, 3.8) is 0 Å². The maximum atomic E-state index is 5.86. The van der Waals surface area contributed by atoms with Gasteiger partial charge in [0.05, 0.1) is 5.56 Å². The molecular formula is C18H16N8O. The molecule has 0 unspecified atom stereocenters. The number of nitrogens with two attached hydrogens (primary N) is 1. The van der Waals surface area contributed by atoms with E-state index in [-0.39, 0.29) is 17.6 Å². The van der Waals surface area contributed by atoms with Gasteiger partial charge in [-0.1, -0.05) is 23.4 Å². The van der Waals surface area contributed by atoms with E-state index >= 15 is 0 Å². The van der Waals surface area contributed by atoms with Gasteiger partial charge in [0.25, 0.3) is 5.89 Å². The maximum Gasteiger partial charge on any atom is 0.259 e. The zero-order valence-corrected chi connectivity index (χ0v) is 14.7. The van der Waals surface area contributed by atoms with Crippen LogP contribution in [0, 0.1) is 6.92 Å². The molecule has 0 aliphatic heterocycles. The quantitative estimate of drug-likeness (QED) is 0.585. The number of aromatic nitrogens is 6. The van der Waals surface area contributed by atoms with Gasteiger partial charge in [0.1, 0.15) is 0 Å². The molecule has 3 heterocycles. The van der Waals surface area contributed by atoms with E-state index in [1.807, 2.05) is 56.4 Å². The van der Waals surface area contributed by atoms with Crippen LogP contribution in [0.2, 0.25) is 0 Å². The van der Waals surface area contributed by atoms with Crippen molar-refractivity contribution in [1.29, 1.82) is 0 Å². The summed E-state index contributed by atoms with van der Waals surface area (Å²) in [4.78, 5) is 23.1. The van der Waals surface area contributed by atoms with Gasteiger partial charge >= 0.3 is 0 Å². The fourth-order valence-electron chi connectivity index (χ4n) is 2.42. The Hall–Kier alpha value is -3.88. The van der Waals surface area contributed by atoms with Crippen LogP contribution in [0.5, 0.6) is 0 Å². The van der Waals surface area contributed by atoms with Gasteiger partial charge in [-0.15, -0.1) is 0 Å². The normalized spacial score (nSPS) is 10.7. The highest BCUT2D eigenvalue weighted by atomic mass is 16.5. The van der Waals surface area contributed by atoms with Crippen molar-refractivity contribution in [2.24, 2.45) is 0 Å².